The third-order valence-electron chi connectivity index (χ3n) is 4.17. The molecule has 2 heterocycles. The number of ether oxygens (including phenoxy) is 2. The van der Waals surface area contributed by atoms with Crippen molar-refractivity contribution in [2.24, 2.45) is 0 Å². The molecule has 0 aliphatic carbocycles. The van der Waals surface area contributed by atoms with Crippen LogP contribution in [0.5, 0.6) is 0 Å². The van der Waals surface area contributed by atoms with Gasteiger partial charge in [-0.25, -0.2) is 0 Å². The molecule has 1 saturated heterocycles. The lowest BCUT2D eigenvalue weighted by Gasteiger charge is -2.44. The Morgan fingerprint density at radius 1 is 1.41 bits per heavy atom. The van der Waals surface area contributed by atoms with E-state index in [4.69, 9.17) is 14.6 Å². The third kappa shape index (κ3) is 2.29. The van der Waals surface area contributed by atoms with Gasteiger partial charge >= 0.3 is 0 Å². The predicted octanol–water partition coefficient (Wildman–Crippen LogP) is 0.171. The van der Waals surface area contributed by atoms with Gasteiger partial charge in [0, 0.05) is 30.7 Å². The molecule has 1 aromatic rings. The maximum Gasteiger partial charge on any atom is 0.269 e. The Balaban J connectivity index is 1.99. The van der Waals surface area contributed by atoms with Gasteiger partial charge in [0.05, 0.1) is 23.7 Å². The maximum absolute atomic E-state index is 10.8. The van der Waals surface area contributed by atoms with E-state index in [1.165, 1.54) is 18.2 Å². The molecule has 0 bridgehead atoms. The molecule has 3 N–H and O–H groups in total. The fourth-order valence-corrected chi connectivity index (χ4v) is 3.10. The first-order valence-corrected chi connectivity index (χ1v) is 7.04. The predicted molar refractivity (Wildman–Crippen MR) is 72.8 cm³/mol. The summed E-state index contributed by atoms with van der Waals surface area (Å²) in [4.78, 5) is 10.3. The standard InChI is InChI=1S/C14H17NO7/c16-4-3-10-6-12(17)13(18)14(22-10)11-2-1-9(15(19)20)5-8(11)7-21-14/h1-2,5,10,12-13,16-18H,3-4,6-7H2/t10-,12+,13-,14-/m1/s1. The summed E-state index contributed by atoms with van der Waals surface area (Å²) in [5.74, 6) is -1.54. The first-order valence-electron chi connectivity index (χ1n) is 7.04. The summed E-state index contributed by atoms with van der Waals surface area (Å²) >= 11 is 0. The molecule has 120 valence electrons. The second-order valence-electron chi connectivity index (χ2n) is 5.55. The highest BCUT2D eigenvalue weighted by atomic mass is 16.7. The van der Waals surface area contributed by atoms with Crippen LogP contribution >= 0.6 is 0 Å². The van der Waals surface area contributed by atoms with Crippen molar-refractivity contribution in [2.45, 2.75) is 43.5 Å². The van der Waals surface area contributed by atoms with Crippen molar-refractivity contribution in [3.05, 3.63) is 39.4 Å². The van der Waals surface area contributed by atoms with Gasteiger partial charge < -0.3 is 24.8 Å². The van der Waals surface area contributed by atoms with E-state index in [1.54, 1.807) is 0 Å². The number of nitro groups is 1. The van der Waals surface area contributed by atoms with Gasteiger partial charge in [-0.15, -0.1) is 0 Å². The number of non-ortho nitro benzene ring substituents is 1. The average molecular weight is 311 g/mol. The van der Waals surface area contributed by atoms with Crippen molar-refractivity contribution < 1.29 is 29.7 Å². The largest absolute Gasteiger partial charge is 0.396 e. The Bertz CT molecular complexity index is 593. The first-order chi connectivity index (χ1) is 10.5. The molecule has 0 amide bonds. The van der Waals surface area contributed by atoms with Gasteiger partial charge in [-0.1, -0.05) is 0 Å². The number of nitrogens with zero attached hydrogens (tertiary/aromatic N) is 1. The van der Waals surface area contributed by atoms with Gasteiger partial charge in [0.1, 0.15) is 6.10 Å². The lowest BCUT2D eigenvalue weighted by Crippen LogP contribution is -2.55. The highest BCUT2D eigenvalue weighted by Gasteiger charge is 2.55. The quantitative estimate of drug-likeness (QED) is 0.537. The molecule has 8 nitrogen and oxygen atoms in total. The monoisotopic (exact) mass is 311 g/mol. The van der Waals surface area contributed by atoms with Crippen LogP contribution in [0, 0.1) is 10.1 Å². The van der Waals surface area contributed by atoms with Crippen molar-refractivity contribution in [3.8, 4) is 0 Å². The van der Waals surface area contributed by atoms with E-state index >= 15 is 0 Å². The zero-order valence-corrected chi connectivity index (χ0v) is 11.7. The fourth-order valence-electron chi connectivity index (χ4n) is 3.10. The minimum absolute atomic E-state index is 0.0483. The summed E-state index contributed by atoms with van der Waals surface area (Å²) in [5.41, 5.74) is 0.953. The molecule has 22 heavy (non-hydrogen) atoms. The Morgan fingerprint density at radius 2 is 2.18 bits per heavy atom. The van der Waals surface area contributed by atoms with Crippen molar-refractivity contribution >= 4 is 5.69 Å². The molecule has 0 aromatic heterocycles. The average Bonchev–Trinajstić information content (AvgIpc) is 2.84. The third-order valence-corrected chi connectivity index (χ3v) is 4.17. The second kappa shape index (κ2) is 5.56. The number of aliphatic hydroxyl groups excluding tert-OH is 3. The van der Waals surface area contributed by atoms with E-state index in [1.807, 2.05) is 0 Å². The van der Waals surface area contributed by atoms with Crippen LogP contribution in [0.4, 0.5) is 5.69 Å². The fraction of sp³-hybridized carbons (Fsp3) is 0.571. The van der Waals surface area contributed by atoms with Gasteiger partial charge in [-0.05, 0) is 18.1 Å². The number of hydrogen-bond acceptors (Lipinski definition) is 7. The van der Waals surface area contributed by atoms with E-state index in [-0.39, 0.29) is 25.3 Å². The van der Waals surface area contributed by atoms with Crippen molar-refractivity contribution in [1.29, 1.82) is 0 Å². The Morgan fingerprint density at radius 3 is 2.86 bits per heavy atom. The second-order valence-corrected chi connectivity index (χ2v) is 5.55. The van der Waals surface area contributed by atoms with Crippen LogP contribution in [0.3, 0.4) is 0 Å². The molecular formula is C14H17NO7. The SMILES string of the molecule is O=[N+]([O-])c1ccc2c(c1)CO[C@@]21O[C@H](CCO)C[C@H](O)[C@H]1O. The van der Waals surface area contributed by atoms with Crippen LogP contribution in [0.1, 0.15) is 24.0 Å². The Kier molecular flexibility index (Phi) is 3.87. The van der Waals surface area contributed by atoms with E-state index in [0.29, 0.717) is 17.5 Å². The van der Waals surface area contributed by atoms with E-state index in [9.17, 15) is 20.3 Å². The highest BCUT2D eigenvalue weighted by molar-refractivity contribution is 5.44. The number of nitro benzene ring substituents is 1. The summed E-state index contributed by atoms with van der Waals surface area (Å²) in [6.07, 6.45) is -2.34. The molecule has 4 atom stereocenters. The van der Waals surface area contributed by atoms with Crippen LogP contribution in [-0.4, -0.2) is 45.2 Å². The lowest BCUT2D eigenvalue weighted by molar-refractivity contribution is -0.384. The topological polar surface area (TPSA) is 122 Å². The zero-order valence-electron chi connectivity index (χ0n) is 11.7. The van der Waals surface area contributed by atoms with Gasteiger partial charge in [-0.3, -0.25) is 10.1 Å². The van der Waals surface area contributed by atoms with Crippen LogP contribution < -0.4 is 0 Å². The lowest BCUT2D eigenvalue weighted by atomic mass is 9.88. The minimum Gasteiger partial charge on any atom is -0.396 e. The first kappa shape index (κ1) is 15.3. The molecule has 8 heteroatoms. The highest BCUT2D eigenvalue weighted by Crippen LogP contribution is 2.46. The van der Waals surface area contributed by atoms with Crippen molar-refractivity contribution in [2.75, 3.05) is 6.61 Å². The molecule has 3 rings (SSSR count). The number of hydrogen-bond donors (Lipinski definition) is 3. The molecule has 0 saturated carbocycles. The summed E-state index contributed by atoms with van der Waals surface area (Å²) in [6, 6.07) is 4.17. The van der Waals surface area contributed by atoms with E-state index in [2.05, 4.69) is 0 Å². The molecule has 1 spiro atoms. The summed E-state index contributed by atoms with van der Waals surface area (Å²) in [6.45, 7) is -0.0662. The molecule has 0 radical (unpaired) electrons. The van der Waals surface area contributed by atoms with Gasteiger partial charge in [-0.2, -0.15) is 0 Å². The summed E-state index contributed by atoms with van der Waals surface area (Å²) in [5, 5.41) is 40.3. The number of rotatable bonds is 3. The molecule has 1 fully saturated rings. The minimum atomic E-state index is -1.54. The van der Waals surface area contributed by atoms with Crippen LogP contribution in [-0.2, 0) is 21.9 Å². The summed E-state index contributed by atoms with van der Waals surface area (Å²) in [7, 11) is 0. The molecule has 0 unspecified atom stereocenters. The molecular weight excluding hydrogens is 294 g/mol. The zero-order chi connectivity index (χ0) is 15.9. The smallest absolute Gasteiger partial charge is 0.269 e. The van der Waals surface area contributed by atoms with Crippen molar-refractivity contribution in [3.63, 3.8) is 0 Å². The van der Waals surface area contributed by atoms with Crippen LogP contribution in [0.15, 0.2) is 18.2 Å². The van der Waals surface area contributed by atoms with Gasteiger partial charge in [0.2, 0.25) is 5.79 Å². The normalized spacial score (nSPS) is 33.9. The molecule has 2 aliphatic heterocycles. The Hall–Kier alpha value is -1.58. The maximum atomic E-state index is 10.8. The molecule has 2 aliphatic rings. The number of aliphatic hydroxyl groups is 3. The number of benzene rings is 1. The summed E-state index contributed by atoms with van der Waals surface area (Å²) < 4.78 is 11.4. The Labute approximate surface area is 126 Å². The van der Waals surface area contributed by atoms with Gasteiger partial charge in [0.25, 0.3) is 5.69 Å². The number of fused-ring (bicyclic) bond motifs is 2. The molecule has 1 aromatic carbocycles. The van der Waals surface area contributed by atoms with Gasteiger partial charge in [0.15, 0.2) is 0 Å². The van der Waals surface area contributed by atoms with Crippen LogP contribution in [0.2, 0.25) is 0 Å². The van der Waals surface area contributed by atoms with Crippen LogP contribution in [0.25, 0.3) is 0 Å². The van der Waals surface area contributed by atoms with Crippen molar-refractivity contribution in [1.82, 2.24) is 0 Å². The van der Waals surface area contributed by atoms with E-state index in [0.717, 1.165) is 0 Å². The van der Waals surface area contributed by atoms with E-state index < -0.39 is 29.0 Å².